The summed E-state index contributed by atoms with van der Waals surface area (Å²) < 4.78 is 5.17. The summed E-state index contributed by atoms with van der Waals surface area (Å²) in [5, 5.41) is 4.06. The molecule has 0 saturated heterocycles. The van der Waals surface area contributed by atoms with Crippen molar-refractivity contribution >= 4 is 0 Å². The molecule has 1 aromatic heterocycles. The third kappa shape index (κ3) is 1.86. The Kier molecular flexibility index (Phi) is 3.06. The fourth-order valence-corrected chi connectivity index (χ4v) is 1.76. The highest BCUT2D eigenvalue weighted by molar-refractivity contribution is 5.63. The summed E-state index contributed by atoms with van der Waals surface area (Å²) in [6.07, 6.45) is 1.04. The molecule has 0 amide bonds. The van der Waals surface area contributed by atoms with Crippen molar-refractivity contribution in [3.63, 3.8) is 0 Å². The first-order chi connectivity index (χ1) is 7.76. The number of hydrogen-bond donors (Lipinski definition) is 1. The van der Waals surface area contributed by atoms with Gasteiger partial charge in [-0.25, -0.2) is 0 Å². The molecule has 0 aliphatic rings. The average molecular weight is 216 g/mol. The molecule has 3 nitrogen and oxygen atoms in total. The molecule has 0 aliphatic heterocycles. The van der Waals surface area contributed by atoms with E-state index in [2.05, 4.69) is 36.3 Å². The molecule has 1 heterocycles. The van der Waals surface area contributed by atoms with Crippen LogP contribution in [0.5, 0.6) is 0 Å². The van der Waals surface area contributed by atoms with Gasteiger partial charge in [0.15, 0.2) is 0 Å². The molecular weight excluding hydrogens is 200 g/mol. The second-order valence-electron chi connectivity index (χ2n) is 3.82. The summed E-state index contributed by atoms with van der Waals surface area (Å²) in [6, 6.07) is 8.35. The van der Waals surface area contributed by atoms with E-state index in [1.165, 1.54) is 5.56 Å². The third-order valence-corrected chi connectivity index (χ3v) is 2.82. The monoisotopic (exact) mass is 216 g/mol. The highest BCUT2D eigenvalue weighted by Crippen LogP contribution is 2.25. The SMILES string of the molecule is CCc1ccc(-c2noc(C)c2CN)cc1. The molecule has 16 heavy (non-hydrogen) atoms. The van der Waals surface area contributed by atoms with Crippen molar-refractivity contribution in [3.05, 3.63) is 41.2 Å². The van der Waals surface area contributed by atoms with Crippen molar-refractivity contribution in [2.75, 3.05) is 0 Å². The molecule has 2 aromatic rings. The zero-order valence-electron chi connectivity index (χ0n) is 9.66. The molecule has 0 aliphatic carbocycles. The van der Waals surface area contributed by atoms with Gasteiger partial charge in [-0.3, -0.25) is 0 Å². The van der Waals surface area contributed by atoms with Crippen LogP contribution in [0.2, 0.25) is 0 Å². The summed E-state index contributed by atoms with van der Waals surface area (Å²) in [7, 11) is 0. The second kappa shape index (κ2) is 4.49. The lowest BCUT2D eigenvalue weighted by Gasteiger charge is -2.01. The van der Waals surface area contributed by atoms with Gasteiger partial charge in [0.25, 0.3) is 0 Å². The number of nitrogens with zero attached hydrogens (tertiary/aromatic N) is 1. The molecule has 0 atom stereocenters. The standard InChI is InChI=1S/C13H16N2O/c1-3-10-4-6-11(7-5-10)13-12(8-14)9(2)16-15-13/h4-7H,3,8,14H2,1-2H3. The van der Waals surface area contributed by atoms with Crippen LogP contribution in [0, 0.1) is 6.92 Å². The Bertz CT molecular complexity index is 471. The minimum atomic E-state index is 0.459. The lowest BCUT2D eigenvalue weighted by Crippen LogP contribution is -1.98. The zero-order chi connectivity index (χ0) is 11.5. The van der Waals surface area contributed by atoms with Crippen molar-refractivity contribution in [1.82, 2.24) is 5.16 Å². The molecular formula is C13H16N2O. The Morgan fingerprint density at radius 1 is 1.25 bits per heavy atom. The molecule has 0 saturated carbocycles. The van der Waals surface area contributed by atoms with Crippen LogP contribution in [0.25, 0.3) is 11.3 Å². The van der Waals surface area contributed by atoms with Crippen molar-refractivity contribution in [3.8, 4) is 11.3 Å². The maximum Gasteiger partial charge on any atom is 0.138 e. The smallest absolute Gasteiger partial charge is 0.138 e. The highest BCUT2D eigenvalue weighted by atomic mass is 16.5. The molecule has 0 fully saturated rings. The molecule has 3 heteroatoms. The molecule has 1 aromatic carbocycles. The van der Waals surface area contributed by atoms with Crippen LogP contribution in [0.4, 0.5) is 0 Å². The number of rotatable bonds is 3. The van der Waals surface area contributed by atoms with E-state index in [4.69, 9.17) is 10.3 Å². The molecule has 0 bridgehead atoms. The molecule has 84 valence electrons. The van der Waals surface area contributed by atoms with Crippen molar-refractivity contribution in [2.24, 2.45) is 5.73 Å². The lowest BCUT2D eigenvalue weighted by molar-refractivity contribution is 0.398. The van der Waals surface area contributed by atoms with Gasteiger partial charge in [0.1, 0.15) is 11.5 Å². The topological polar surface area (TPSA) is 52.0 Å². The third-order valence-electron chi connectivity index (χ3n) is 2.82. The van der Waals surface area contributed by atoms with E-state index >= 15 is 0 Å². The molecule has 0 unspecified atom stereocenters. The van der Waals surface area contributed by atoms with Crippen LogP contribution in [-0.4, -0.2) is 5.16 Å². The van der Waals surface area contributed by atoms with Gasteiger partial charge in [-0.1, -0.05) is 36.3 Å². The quantitative estimate of drug-likeness (QED) is 0.858. The van der Waals surface area contributed by atoms with Gasteiger partial charge in [0, 0.05) is 17.7 Å². The molecule has 0 spiro atoms. The lowest BCUT2D eigenvalue weighted by atomic mass is 10.0. The fourth-order valence-electron chi connectivity index (χ4n) is 1.76. The molecule has 2 rings (SSSR count). The Hall–Kier alpha value is -1.61. The predicted molar refractivity (Wildman–Crippen MR) is 63.9 cm³/mol. The van der Waals surface area contributed by atoms with Crippen LogP contribution < -0.4 is 5.73 Å². The fraction of sp³-hybridized carbons (Fsp3) is 0.308. The zero-order valence-corrected chi connectivity index (χ0v) is 9.66. The van der Waals surface area contributed by atoms with Gasteiger partial charge in [0.05, 0.1) is 0 Å². The maximum absolute atomic E-state index is 5.69. The minimum Gasteiger partial charge on any atom is -0.361 e. The number of benzene rings is 1. The summed E-state index contributed by atoms with van der Waals surface area (Å²) in [6.45, 7) is 4.49. The van der Waals surface area contributed by atoms with E-state index in [1.807, 2.05) is 6.92 Å². The normalized spacial score (nSPS) is 10.7. The Morgan fingerprint density at radius 2 is 1.94 bits per heavy atom. The highest BCUT2D eigenvalue weighted by Gasteiger charge is 2.12. The Balaban J connectivity index is 2.42. The van der Waals surface area contributed by atoms with Gasteiger partial charge in [-0.05, 0) is 18.9 Å². The van der Waals surface area contributed by atoms with Gasteiger partial charge in [-0.2, -0.15) is 0 Å². The number of aromatic nitrogens is 1. The molecule has 2 N–H and O–H groups in total. The van der Waals surface area contributed by atoms with E-state index in [-0.39, 0.29) is 0 Å². The van der Waals surface area contributed by atoms with Gasteiger partial charge in [0.2, 0.25) is 0 Å². The van der Waals surface area contributed by atoms with Crippen LogP contribution in [-0.2, 0) is 13.0 Å². The maximum atomic E-state index is 5.69. The van der Waals surface area contributed by atoms with Crippen LogP contribution in [0.15, 0.2) is 28.8 Å². The average Bonchev–Trinajstić information content (AvgIpc) is 2.70. The number of nitrogens with two attached hydrogens (primary N) is 1. The minimum absolute atomic E-state index is 0.459. The Labute approximate surface area is 95.3 Å². The van der Waals surface area contributed by atoms with E-state index in [0.29, 0.717) is 6.54 Å². The molecule has 0 radical (unpaired) electrons. The van der Waals surface area contributed by atoms with Crippen LogP contribution in [0.1, 0.15) is 23.8 Å². The second-order valence-corrected chi connectivity index (χ2v) is 3.82. The largest absolute Gasteiger partial charge is 0.361 e. The van der Waals surface area contributed by atoms with Crippen molar-refractivity contribution in [2.45, 2.75) is 26.8 Å². The Morgan fingerprint density at radius 3 is 2.50 bits per heavy atom. The van der Waals surface area contributed by atoms with Gasteiger partial charge in [-0.15, -0.1) is 0 Å². The summed E-state index contributed by atoms with van der Waals surface area (Å²) >= 11 is 0. The van der Waals surface area contributed by atoms with E-state index in [0.717, 1.165) is 29.0 Å². The van der Waals surface area contributed by atoms with Crippen molar-refractivity contribution in [1.29, 1.82) is 0 Å². The first-order valence-corrected chi connectivity index (χ1v) is 5.50. The van der Waals surface area contributed by atoms with E-state index < -0.39 is 0 Å². The van der Waals surface area contributed by atoms with Crippen LogP contribution in [0.3, 0.4) is 0 Å². The summed E-state index contributed by atoms with van der Waals surface area (Å²) in [4.78, 5) is 0. The first-order valence-electron chi connectivity index (χ1n) is 5.50. The number of aryl methyl sites for hydroxylation is 2. The predicted octanol–water partition coefficient (Wildman–Crippen LogP) is 2.67. The summed E-state index contributed by atoms with van der Waals surface area (Å²) in [5.41, 5.74) is 9.93. The van der Waals surface area contributed by atoms with E-state index in [9.17, 15) is 0 Å². The summed E-state index contributed by atoms with van der Waals surface area (Å²) in [5.74, 6) is 0.803. The van der Waals surface area contributed by atoms with Crippen molar-refractivity contribution < 1.29 is 4.52 Å². The van der Waals surface area contributed by atoms with E-state index in [1.54, 1.807) is 0 Å². The number of hydrogen-bond acceptors (Lipinski definition) is 3. The van der Waals surface area contributed by atoms with Gasteiger partial charge >= 0.3 is 0 Å². The van der Waals surface area contributed by atoms with Crippen LogP contribution >= 0.6 is 0 Å². The first kappa shape index (κ1) is 10.9. The van der Waals surface area contributed by atoms with Gasteiger partial charge < -0.3 is 10.3 Å².